The van der Waals surface area contributed by atoms with E-state index in [4.69, 9.17) is 5.73 Å². The first-order chi connectivity index (χ1) is 9.81. The SMILES string of the molecule is Cc1ccc(C(C)NC(=O)C2CCCCC2(C)N)c(C)c1.Cl. The van der Waals surface area contributed by atoms with E-state index in [1.54, 1.807) is 0 Å². The van der Waals surface area contributed by atoms with Crippen molar-refractivity contribution >= 4 is 18.3 Å². The fraction of sp³-hybridized carbons (Fsp3) is 0.611. The quantitative estimate of drug-likeness (QED) is 0.888. The Morgan fingerprint density at radius 1 is 1.36 bits per heavy atom. The third-order valence-electron chi connectivity index (χ3n) is 4.82. The van der Waals surface area contributed by atoms with Gasteiger partial charge in [-0.25, -0.2) is 0 Å². The highest BCUT2D eigenvalue weighted by Crippen LogP contribution is 2.32. The number of hydrogen-bond donors (Lipinski definition) is 2. The van der Waals surface area contributed by atoms with Crippen LogP contribution in [-0.2, 0) is 4.79 Å². The summed E-state index contributed by atoms with van der Waals surface area (Å²) in [6.45, 7) is 8.24. The molecule has 1 aliphatic rings. The second kappa shape index (κ2) is 7.47. The molecule has 1 fully saturated rings. The zero-order valence-electron chi connectivity index (χ0n) is 14.1. The smallest absolute Gasteiger partial charge is 0.225 e. The van der Waals surface area contributed by atoms with E-state index in [0.29, 0.717) is 0 Å². The van der Waals surface area contributed by atoms with Gasteiger partial charge >= 0.3 is 0 Å². The molecule has 0 heterocycles. The van der Waals surface area contributed by atoms with Crippen LogP contribution in [0.4, 0.5) is 0 Å². The summed E-state index contributed by atoms with van der Waals surface area (Å²) in [7, 11) is 0. The fourth-order valence-corrected chi connectivity index (χ4v) is 3.49. The molecule has 1 saturated carbocycles. The molecule has 1 aromatic carbocycles. The summed E-state index contributed by atoms with van der Waals surface area (Å²) in [5, 5.41) is 3.16. The summed E-state index contributed by atoms with van der Waals surface area (Å²) in [5.74, 6) is 0.0339. The fourth-order valence-electron chi connectivity index (χ4n) is 3.49. The number of aryl methyl sites for hydroxylation is 2. The molecule has 0 bridgehead atoms. The monoisotopic (exact) mass is 324 g/mol. The molecule has 0 aromatic heterocycles. The molecule has 3 N–H and O–H groups in total. The van der Waals surface area contributed by atoms with Crippen LogP contribution in [0.3, 0.4) is 0 Å². The molecule has 2 rings (SSSR count). The largest absolute Gasteiger partial charge is 0.349 e. The molecule has 22 heavy (non-hydrogen) atoms. The van der Waals surface area contributed by atoms with E-state index >= 15 is 0 Å². The number of benzene rings is 1. The Morgan fingerprint density at radius 2 is 2.05 bits per heavy atom. The maximum atomic E-state index is 12.6. The van der Waals surface area contributed by atoms with Crippen molar-refractivity contribution in [2.24, 2.45) is 11.7 Å². The Bertz CT molecular complexity index is 528. The van der Waals surface area contributed by atoms with Crippen molar-refractivity contribution in [3.63, 3.8) is 0 Å². The van der Waals surface area contributed by atoms with E-state index in [1.807, 2.05) is 13.8 Å². The Labute approximate surface area is 140 Å². The van der Waals surface area contributed by atoms with Crippen LogP contribution in [0.2, 0.25) is 0 Å². The van der Waals surface area contributed by atoms with Gasteiger partial charge in [0.25, 0.3) is 0 Å². The lowest BCUT2D eigenvalue weighted by molar-refractivity contribution is -0.128. The van der Waals surface area contributed by atoms with Gasteiger partial charge in [-0.3, -0.25) is 4.79 Å². The summed E-state index contributed by atoms with van der Waals surface area (Å²) in [6, 6.07) is 6.39. The van der Waals surface area contributed by atoms with Gasteiger partial charge in [0.2, 0.25) is 5.91 Å². The third kappa shape index (κ3) is 4.23. The number of carbonyl (C=O) groups is 1. The standard InChI is InChI=1S/C18H28N2O.ClH/c1-12-8-9-15(13(2)11-12)14(3)20-17(21)16-7-5-6-10-18(16,4)19;/h8-9,11,14,16H,5-7,10,19H2,1-4H3,(H,20,21);1H. The first-order valence-corrected chi connectivity index (χ1v) is 7.97. The number of nitrogens with one attached hydrogen (secondary N) is 1. The van der Waals surface area contributed by atoms with Crippen molar-refractivity contribution in [2.45, 2.75) is 65.0 Å². The predicted molar refractivity (Wildman–Crippen MR) is 94.3 cm³/mol. The molecule has 0 spiro atoms. The highest BCUT2D eigenvalue weighted by Gasteiger charge is 2.38. The summed E-state index contributed by atoms with van der Waals surface area (Å²) in [5.41, 5.74) is 9.61. The van der Waals surface area contributed by atoms with E-state index in [9.17, 15) is 4.79 Å². The molecule has 0 aliphatic heterocycles. The number of halogens is 1. The van der Waals surface area contributed by atoms with E-state index in [-0.39, 0.29) is 35.8 Å². The molecule has 1 aromatic rings. The number of amides is 1. The topological polar surface area (TPSA) is 55.1 Å². The van der Waals surface area contributed by atoms with Crippen molar-refractivity contribution in [1.29, 1.82) is 0 Å². The summed E-state index contributed by atoms with van der Waals surface area (Å²) in [6.07, 6.45) is 4.06. The van der Waals surface area contributed by atoms with Crippen molar-refractivity contribution in [3.05, 3.63) is 34.9 Å². The molecule has 3 unspecified atom stereocenters. The van der Waals surface area contributed by atoms with Crippen LogP contribution >= 0.6 is 12.4 Å². The average Bonchev–Trinajstić information content (AvgIpc) is 2.37. The van der Waals surface area contributed by atoms with Gasteiger partial charge < -0.3 is 11.1 Å². The Morgan fingerprint density at radius 3 is 2.64 bits per heavy atom. The van der Waals surface area contributed by atoms with Crippen LogP contribution in [0.25, 0.3) is 0 Å². The Kier molecular flexibility index (Phi) is 6.45. The number of hydrogen-bond acceptors (Lipinski definition) is 2. The highest BCUT2D eigenvalue weighted by molar-refractivity contribution is 5.85. The van der Waals surface area contributed by atoms with Crippen LogP contribution in [0.1, 0.15) is 62.3 Å². The second-order valence-corrected chi connectivity index (χ2v) is 6.89. The van der Waals surface area contributed by atoms with Gasteiger partial charge in [0.05, 0.1) is 12.0 Å². The minimum atomic E-state index is -0.371. The van der Waals surface area contributed by atoms with Gasteiger partial charge in [-0.2, -0.15) is 0 Å². The van der Waals surface area contributed by atoms with Crippen molar-refractivity contribution in [3.8, 4) is 0 Å². The zero-order chi connectivity index (χ0) is 15.6. The second-order valence-electron chi connectivity index (χ2n) is 6.89. The van der Waals surface area contributed by atoms with Gasteiger partial charge in [0.15, 0.2) is 0 Å². The molecule has 124 valence electrons. The maximum absolute atomic E-state index is 12.6. The van der Waals surface area contributed by atoms with E-state index in [1.165, 1.54) is 16.7 Å². The third-order valence-corrected chi connectivity index (χ3v) is 4.82. The summed E-state index contributed by atoms with van der Waals surface area (Å²) >= 11 is 0. The zero-order valence-corrected chi connectivity index (χ0v) is 14.9. The minimum absolute atomic E-state index is 0. The molecule has 0 radical (unpaired) electrons. The van der Waals surface area contributed by atoms with E-state index < -0.39 is 0 Å². The lowest BCUT2D eigenvalue weighted by Crippen LogP contribution is -2.53. The van der Waals surface area contributed by atoms with Gasteiger partial charge in [0.1, 0.15) is 0 Å². The first-order valence-electron chi connectivity index (χ1n) is 7.97. The minimum Gasteiger partial charge on any atom is -0.349 e. The predicted octanol–water partition coefficient (Wildman–Crippen LogP) is 3.81. The number of rotatable bonds is 3. The number of nitrogens with two attached hydrogens (primary N) is 1. The first kappa shape index (κ1) is 19.0. The maximum Gasteiger partial charge on any atom is 0.225 e. The van der Waals surface area contributed by atoms with Gasteiger partial charge in [-0.1, -0.05) is 36.6 Å². The number of carbonyl (C=O) groups excluding carboxylic acids is 1. The molecule has 1 aliphatic carbocycles. The van der Waals surface area contributed by atoms with Crippen LogP contribution in [0.15, 0.2) is 18.2 Å². The van der Waals surface area contributed by atoms with Crippen LogP contribution in [-0.4, -0.2) is 11.4 Å². The normalized spacial score (nSPS) is 26.0. The summed E-state index contributed by atoms with van der Waals surface area (Å²) < 4.78 is 0. The molecule has 3 nitrogen and oxygen atoms in total. The molecule has 3 atom stereocenters. The van der Waals surface area contributed by atoms with Gasteiger partial charge in [-0.05, 0) is 51.7 Å². The Balaban J connectivity index is 0.00000242. The Hall–Kier alpha value is -1.06. The van der Waals surface area contributed by atoms with Crippen LogP contribution in [0, 0.1) is 19.8 Å². The van der Waals surface area contributed by atoms with Crippen LogP contribution < -0.4 is 11.1 Å². The van der Waals surface area contributed by atoms with Crippen molar-refractivity contribution in [2.75, 3.05) is 0 Å². The lowest BCUT2D eigenvalue weighted by atomic mass is 9.74. The molecule has 0 saturated heterocycles. The summed E-state index contributed by atoms with van der Waals surface area (Å²) in [4.78, 5) is 12.6. The van der Waals surface area contributed by atoms with Crippen molar-refractivity contribution < 1.29 is 4.79 Å². The molecule has 4 heteroatoms. The lowest BCUT2D eigenvalue weighted by Gasteiger charge is -2.37. The average molecular weight is 325 g/mol. The van der Waals surface area contributed by atoms with Crippen LogP contribution in [0.5, 0.6) is 0 Å². The van der Waals surface area contributed by atoms with Crippen molar-refractivity contribution in [1.82, 2.24) is 5.32 Å². The van der Waals surface area contributed by atoms with Gasteiger partial charge in [0, 0.05) is 5.54 Å². The molecular formula is C18H29ClN2O. The van der Waals surface area contributed by atoms with E-state index in [2.05, 4.69) is 37.4 Å². The molecule has 1 amide bonds. The van der Waals surface area contributed by atoms with E-state index in [0.717, 1.165) is 25.7 Å². The molecular weight excluding hydrogens is 296 g/mol. The highest BCUT2D eigenvalue weighted by atomic mass is 35.5. The van der Waals surface area contributed by atoms with Gasteiger partial charge in [-0.15, -0.1) is 12.4 Å².